The van der Waals surface area contributed by atoms with Gasteiger partial charge >= 0.3 is 0 Å². The lowest BCUT2D eigenvalue weighted by atomic mass is 10.2. The molecule has 74 valence electrons. The Morgan fingerprint density at radius 3 is 2.79 bits per heavy atom. The van der Waals surface area contributed by atoms with Crippen LogP contribution in [0.5, 0.6) is 0 Å². The quantitative estimate of drug-likeness (QED) is 0.733. The second kappa shape index (κ2) is 3.65. The minimum atomic E-state index is 0.401. The fourth-order valence-corrected chi connectivity index (χ4v) is 1.49. The third-order valence-electron chi connectivity index (χ3n) is 2.43. The van der Waals surface area contributed by atoms with E-state index < -0.39 is 0 Å². The maximum absolute atomic E-state index is 4.29. The van der Waals surface area contributed by atoms with Gasteiger partial charge in [-0.05, 0) is 6.92 Å². The van der Waals surface area contributed by atoms with Crippen molar-refractivity contribution < 1.29 is 0 Å². The number of aryl methyl sites for hydroxylation is 1. The standard InChI is InChI=1S/C10H14N4/c1-9(14-6-3-11-8-14)7-10-12-4-5-13(10)2/h3-6,8-9H,7H2,1-2H3. The van der Waals surface area contributed by atoms with Crippen molar-refractivity contribution in [1.82, 2.24) is 19.1 Å². The Kier molecular flexibility index (Phi) is 2.35. The molecule has 0 radical (unpaired) electrons. The first-order valence-electron chi connectivity index (χ1n) is 4.71. The van der Waals surface area contributed by atoms with Crippen LogP contribution in [0.15, 0.2) is 31.1 Å². The van der Waals surface area contributed by atoms with Crippen molar-refractivity contribution in [2.75, 3.05) is 0 Å². The first kappa shape index (κ1) is 8.99. The van der Waals surface area contributed by atoms with Crippen molar-refractivity contribution in [3.63, 3.8) is 0 Å². The molecule has 1 atom stereocenters. The van der Waals surface area contributed by atoms with E-state index in [9.17, 15) is 0 Å². The lowest BCUT2D eigenvalue weighted by Crippen LogP contribution is -2.09. The van der Waals surface area contributed by atoms with Crippen molar-refractivity contribution in [2.45, 2.75) is 19.4 Å². The highest BCUT2D eigenvalue weighted by atomic mass is 15.1. The van der Waals surface area contributed by atoms with E-state index in [1.807, 2.05) is 36.5 Å². The third kappa shape index (κ3) is 1.69. The first-order valence-corrected chi connectivity index (χ1v) is 4.71. The van der Waals surface area contributed by atoms with E-state index in [2.05, 4.69) is 21.5 Å². The van der Waals surface area contributed by atoms with Gasteiger partial charge in [0.05, 0.1) is 6.33 Å². The summed E-state index contributed by atoms with van der Waals surface area (Å²) in [5, 5.41) is 0. The molecule has 0 aliphatic heterocycles. The van der Waals surface area contributed by atoms with Gasteiger partial charge in [-0.15, -0.1) is 0 Å². The molecule has 1 unspecified atom stereocenters. The van der Waals surface area contributed by atoms with E-state index >= 15 is 0 Å². The lowest BCUT2D eigenvalue weighted by Gasteiger charge is -2.12. The van der Waals surface area contributed by atoms with Crippen LogP contribution in [-0.4, -0.2) is 19.1 Å². The highest BCUT2D eigenvalue weighted by Gasteiger charge is 2.07. The fourth-order valence-electron chi connectivity index (χ4n) is 1.49. The summed E-state index contributed by atoms with van der Waals surface area (Å²) in [6, 6.07) is 0.401. The van der Waals surface area contributed by atoms with Crippen LogP contribution < -0.4 is 0 Å². The minimum absolute atomic E-state index is 0.401. The van der Waals surface area contributed by atoms with Crippen molar-refractivity contribution >= 4 is 0 Å². The smallest absolute Gasteiger partial charge is 0.110 e. The van der Waals surface area contributed by atoms with E-state index in [0.29, 0.717) is 6.04 Å². The monoisotopic (exact) mass is 190 g/mol. The predicted molar refractivity (Wildman–Crippen MR) is 53.9 cm³/mol. The molecule has 2 heterocycles. The Hall–Kier alpha value is -1.58. The molecule has 0 spiro atoms. The van der Waals surface area contributed by atoms with Gasteiger partial charge in [-0.25, -0.2) is 9.97 Å². The first-order chi connectivity index (χ1) is 6.77. The van der Waals surface area contributed by atoms with Gasteiger partial charge in [0.25, 0.3) is 0 Å². The summed E-state index contributed by atoms with van der Waals surface area (Å²) < 4.78 is 4.14. The summed E-state index contributed by atoms with van der Waals surface area (Å²) in [6.45, 7) is 2.16. The van der Waals surface area contributed by atoms with Gasteiger partial charge in [-0.3, -0.25) is 0 Å². The highest BCUT2D eigenvalue weighted by molar-refractivity contribution is 4.94. The largest absolute Gasteiger partial charge is 0.338 e. The zero-order valence-corrected chi connectivity index (χ0v) is 8.46. The van der Waals surface area contributed by atoms with E-state index in [4.69, 9.17) is 0 Å². The van der Waals surface area contributed by atoms with Gasteiger partial charge in [-0.2, -0.15) is 0 Å². The number of nitrogens with zero attached hydrogens (tertiary/aromatic N) is 4. The molecule has 2 aromatic rings. The lowest BCUT2D eigenvalue weighted by molar-refractivity contribution is 0.521. The predicted octanol–water partition coefficient (Wildman–Crippen LogP) is 1.42. The zero-order valence-electron chi connectivity index (χ0n) is 8.46. The molecule has 0 N–H and O–H groups in total. The summed E-state index contributed by atoms with van der Waals surface area (Å²) in [5.74, 6) is 1.10. The normalized spacial score (nSPS) is 13.0. The molecule has 2 rings (SSSR count). The van der Waals surface area contributed by atoms with Crippen LogP contribution in [0.4, 0.5) is 0 Å². The highest BCUT2D eigenvalue weighted by Crippen LogP contribution is 2.11. The number of hydrogen-bond donors (Lipinski definition) is 0. The molecule has 2 aromatic heterocycles. The summed E-state index contributed by atoms with van der Waals surface area (Å²) in [6.07, 6.45) is 10.3. The Balaban J connectivity index is 2.09. The molecule has 14 heavy (non-hydrogen) atoms. The molecule has 0 amide bonds. The molecule has 4 nitrogen and oxygen atoms in total. The molecule has 0 saturated carbocycles. The zero-order chi connectivity index (χ0) is 9.97. The molecule has 0 aromatic carbocycles. The topological polar surface area (TPSA) is 35.6 Å². The third-order valence-corrected chi connectivity index (χ3v) is 2.43. The molecule has 0 aliphatic carbocycles. The van der Waals surface area contributed by atoms with E-state index in [1.54, 1.807) is 6.20 Å². The fraction of sp³-hybridized carbons (Fsp3) is 0.400. The Morgan fingerprint density at radius 2 is 2.21 bits per heavy atom. The van der Waals surface area contributed by atoms with Gasteiger partial charge in [-0.1, -0.05) is 0 Å². The molecule has 0 fully saturated rings. The van der Waals surface area contributed by atoms with Crippen LogP contribution in [0.2, 0.25) is 0 Å². The SMILES string of the molecule is CC(Cc1nccn1C)n1ccnc1. The Labute approximate surface area is 83.2 Å². The average molecular weight is 190 g/mol. The van der Waals surface area contributed by atoms with Gasteiger partial charge in [0, 0.05) is 44.3 Å². The second-order valence-electron chi connectivity index (χ2n) is 3.52. The Morgan fingerprint density at radius 1 is 1.36 bits per heavy atom. The maximum Gasteiger partial charge on any atom is 0.110 e. The number of rotatable bonds is 3. The van der Waals surface area contributed by atoms with Crippen molar-refractivity contribution in [2.24, 2.45) is 7.05 Å². The van der Waals surface area contributed by atoms with Crippen LogP contribution in [0.3, 0.4) is 0 Å². The minimum Gasteiger partial charge on any atom is -0.338 e. The van der Waals surface area contributed by atoms with Gasteiger partial charge in [0.2, 0.25) is 0 Å². The van der Waals surface area contributed by atoms with Gasteiger partial charge in [0.15, 0.2) is 0 Å². The average Bonchev–Trinajstić information content (AvgIpc) is 2.77. The van der Waals surface area contributed by atoms with E-state index in [-0.39, 0.29) is 0 Å². The molecule has 4 heteroatoms. The molecule has 0 saturated heterocycles. The summed E-state index contributed by atoms with van der Waals surface area (Å²) in [7, 11) is 2.02. The Bertz CT molecular complexity index is 388. The van der Waals surface area contributed by atoms with Crippen LogP contribution in [0.25, 0.3) is 0 Å². The van der Waals surface area contributed by atoms with Crippen molar-refractivity contribution in [3.05, 3.63) is 36.9 Å². The second-order valence-corrected chi connectivity index (χ2v) is 3.52. The summed E-state index contributed by atoms with van der Waals surface area (Å²) in [4.78, 5) is 8.33. The molecule has 0 bridgehead atoms. The summed E-state index contributed by atoms with van der Waals surface area (Å²) >= 11 is 0. The summed E-state index contributed by atoms with van der Waals surface area (Å²) in [5.41, 5.74) is 0. The molecular formula is C10H14N4. The van der Waals surface area contributed by atoms with E-state index in [1.165, 1.54) is 0 Å². The molecule has 0 aliphatic rings. The van der Waals surface area contributed by atoms with E-state index in [0.717, 1.165) is 12.2 Å². The van der Waals surface area contributed by atoms with Crippen LogP contribution in [-0.2, 0) is 13.5 Å². The maximum atomic E-state index is 4.29. The number of hydrogen-bond acceptors (Lipinski definition) is 2. The van der Waals surface area contributed by atoms with Crippen LogP contribution >= 0.6 is 0 Å². The van der Waals surface area contributed by atoms with Gasteiger partial charge in [0.1, 0.15) is 5.82 Å². The van der Waals surface area contributed by atoms with Crippen LogP contribution in [0, 0.1) is 0 Å². The van der Waals surface area contributed by atoms with Crippen molar-refractivity contribution in [3.8, 4) is 0 Å². The van der Waals surface area contributed by atoms with Gasteiger partial charge < -0.3 is 9.13 Å². The van der Waals surface area contributed by atoms with Crippen LogP contribution in [0.1, 0.15) is 18.8 Å². The number of aromatic nitrogens is 4. The molecular weight excluding hydrogens is 176 g/mol. The van der Waals surface area contributed by atoms with Crippen molar-refractivity contribution in [1.29, 1.82) is 0 Å². The number of imidazole rings is 2.